The first-order valence-corrected chi connectivity index (χ1v) is 9.03. The van der Waals surface area contributed by atoms with Crippen molar-refractivity contribution < 1.29 is 19.4 Å². The van der Waals surface area contributed by atoms with Gasteiger partial charge >= 0.3 is 5.97 Å². The van der Waals surface area contributed by atoms with Crippen LogP contribution >= 0.6 is 11.3 Å². The van der Waals surface area contributed by atoms with Gasteiger partial charge in [-0.25, -0.2) is 0 Å². The van der Waals surface area contributed by atoms with Crippen LogP contribution in [0.1, 0.15) is 33.6 Å². The van der Waals surface area contributed by atoms with Gasteiger partial charge in [0.15, 0.2) is 5.78 Å². The molecule has 1 fully saturated rings. The van der Waals surface area contributed by atoms with Crippen molar-refractivity contribution in [3.05, 3.63) is 51.7 Å². The Balaban J connectivity index is 1.77. The van der Waals surface area contributed by atoms with Crippen LogP contribution in [0.2, 0.25) is 0 Å². The average molecular weight is 359 g/mol. The van der Waals surface area contributed by atoms with E-state index in [9.17, 15) is 14.7 Å². The number of carbonyl (C=O) groups excluding carboxylic acids is 1. The fourth-order valence-corrected chi connectivity index (χ4v) is 4.18. The molecule has 0 unspecified atom stereocenters. The molecule has 1 aromatic heterocycles. The number of Topliss-reactive ketones (excluding diaryl/α,β-unsaturated/α-hetero) is 1. The molecular formula is C19H21NO4S. The molecule has 2 atom stereocenters. The SMILES string of the molecule is COc1cccc([C@@H]2CN(Cc3csc(C(C)=O)c3)C[C@H]2C(=O)O)c1. The van der Waals surface area contributed by atoms with Gasteiger partial charge in [-0.1, -0.05) is 12.1 Å². The molecule has 6 heteroatoms. The summed E-state index contributed by atoms with van der Waals surface area (Å²) in [4.78, 5) is 26.1. The number of ether oxygens (including phenoxy) is 1. The summed E-state index contributed by atoms with van der Waals surface area (Å²) in [6.07, 6.45) is 0. The summed E-state index contributed by atoms with van der Waals surface area (Å²) in [5.41, 5.74) is 2.05. The standard InChI is InChI=1S/C19H21NO4S/c1-12(21)18-6-13(11-25-18)8-20-9-16(17(10-20)19(22)23)14-4-3-5-15(7-14)24-2/h3-7,11,16-17H,8-10H2,1-2H3,(H,22,23)/t16-,17+/m0/s1. The Hall–Kier alpha value is -2.18. The van der Waals surface area contributed by atoms with E-state index in [0.29, 0.717) is 19.6 Å². The molecule has 0 bridgehead atoms. The third kappa shape index (κ3) is 3.91. The minimum Gasteiger partial charge on any atom is -0.497 e. The Morgan fingerprint density at radius 3 is 2.76 bits per heavy atom. The molecule has 2 heterocycles. The molecule has 3 rings (SSSR count). The highest BCUT2D eigenvalue weighted by Crippen LogP contribution is 2.35. The van der Waals surface area contributed by atoms with E-state index in [2.05, 4.69) is 4.90 Å². The van der Waals surface area contributed by atoms with Gasteiger partial charge in [-0.15, -0.1) is 11.3 Å². The lowest BCUT2D eigenvalue weighted by molar-refractivity contribution is -0.141. The van der Waals surface area contributed by atoms with E-state index >= 15 is 0 Å². The van der Waals surface area contributed by atoms with E-state index in [1.165, 1.54) is 11.3 Å². The molecule has 1 aromatic carbocycles. The summed E-state index contributed by atoms with van der Waals surface area (Å²) in [5, 5.41) is 11.6. The maximum Gasteiger partial charge on any atom is 0.308 e. The molecule has 132 valence electrons. The molecule has 1 N–H and O–H groups in total. The zero-order valence-corrected chi connectivity index (χ0v) is 15.1. The summed E-state index contributed by atoms with van der Waals surface area (Å²) in [6.45, 7) is 3.40. The zero-order valence-electron chi connectivity index (χ0n) is 14.3. The summed E-state index contributed by atoms with van der Waals surface area (Å²) in [5.74, 6) is -0.485. The third-order valence-electron chi connectivity index (χ3n) is 4.64. The van der Waals surface area contributed by atoms with E-state index < -0.39 is 11.9 Å². The molecule has 0 radical (unpaired) electrons. The average Bonchev–Trinajstić information content (AvgIpc) is 3.22. The molecule has 0 amide bonds. The number of hydrogen-bond donors (Lipinski definition) is 1. The second-order valence-electron chi connectivity index (χ2n) is 6.40. The number of carbonyl (C=O) groups is 2. The number of thiophene rings is 1. The van der Waals surface area contributed by atoms with Crippen LogP contribution in [0.3, 0.4) is 0 Å². The lowest BCUT2D eigenvalue weighted by Gasteiger charge is -2.16. The molecule has 1 saturated heterocycles. The second-order valence-corrected chi connectivity index (χ2v) is 7.31. The molecule has 0 saturated carbocycles. The lowest BCUT2D eigenvalue weighted by atomic mass is 9.89. The fourth-order valence-electron chi connectivity index (χ4n) is 3.38. The molecule has 2 aromatic rings. The van der Waals surface area contributed by atoms with Crippen molar-refractivity contribution in [2.75, 3.05) is 20.2 Å². The van der Waals surface area contributed by atoms with Crippen LogP contribution in [-0.2, 0) is 11.3 Å². The second kappa shape index (κ2) is 7.37. The zero-order chi connectivity index (χ0) is 18.0. The van der Waals surface area contributed by atoms with Gasteiger partial charge in [0, 0.05) is 25.6 Å². The Morgan fingerprint density at radius 1 is 1.32 bits per heavy atom. The highest BCUT2D eigenvalue weighted by molar-refractivity contribution is 7.12. The van der Waals surface area contributed by atoms with Crippen molar-refractivity contribution >= 4 is 23.1 Å². The number of rotatable bonds is 6. The predicted octanol–water partition coefficient (Wildman–Crippen LogP) is 3.26. The molecule has 0 aliphatic carbocycles. The van der Waals surface area contributed by atoms with Crippen LogP contribution < -0.4 is 4.74 Å². The number of likely N-dealkylation sites (tertiary alicyclic amines) is 1. The maximum absolute atomic E-state index is 11.7. The fraction of sp³-hybridized carbons (Fsp3) is 0.368. The van der Waals surface area contributed by atoms with Crippen LogP contribution in [0.15, 0.2) is 35.7 Å². The number of carboxylic acid groups (broad SMARTS) is 1. The minimum absolute atomic E-state index is 0.0651. The summed E-state index contributed by atoms with van der Waals surface area (Å²) < 4.78 is 5.27. The van der Waals surface area contributed by atoms with Crippen LogP contribution in [0.4, 0.5) is 0 Å². The van der Waals surface area contributed by atoms with Crippen molar-refractivity contribution in [3.63, 3.8) is 0 Å². The summed E-state index contributed by atoms with van der Waals surface area (Å²) in [7, 11) is 1.61. The number of methoxy groups -OCH3 is 1. The van der Waals surface area contributed by atoms with E-state index in [1.54, 1.807) is 14.0 Å². The van der Waals surface area contributed by atoms with E-state index in [0.717, 1.165) is 21.8 Å². The highest BCUT2D eigenvalue weighted by Gasteiger charge is 2.38. The highest BCUT2D eigenvalue weighted by atomic mass is 32.1. The van der Waals surface area contributed by atoms with Crippen molar-refractivity contribution in [2.45, 2.75) is 19.4 Å². The smallest absolute Gasteiger partial charge is 0.308 e. The van der Waals surface area contributed by atoms with Crippen molar-refractivity contribution in [1.29, 1.82) is 0 Å². The molecule has 1 aliphatic rings. The van der Waals surface area contributed by atoms with Gasteiger partial charge in [-0.3, -0.25) is 14.5 Å². The Kier molecular flexibility index (Phi) is 5.20. The molecule has 0 spiro atoms. The van der Waals surface area contributed by atoms with Crippen LogP contribution in [0.5, 0.6) is 5.75 Å². The molecular weight excluding hydrogens is 338 g/mol. The van der Waals surface area contributed by atoms with Gasteiger partial charge in [0.25, 0.3) is 0 Å². The first kappa shape index (κ1) is 17.6. The van der Waals surface area contributed by atoms with Gasteiger partial charge in [-0.05, 0) is 41.6 Å². The van der Waals surface area contributed by atoms with Gasteiger partial charge in [0.2, 0.25) is 0 Å². The van der Waals surface area contributed by atoms with Gasteiger partial charge in [-0.2, -0.15) is 0 Å². The van der Waals surface area contributed by atoms with Gasteiger partial charge in [0.05, 0.1) is 17.9 Å². The monoisotopic (exact) mass is 359 g/mol. The van der Waals surface area contributed by atoms with E-state index in [1.807, 2.05) is 35.7 Å². The molecule has 25 heavy (non-hydrogen) atoms. The topological polar surface area (TPSA) is 66.8 Å². The summed E-state index contributed by atoms with van der Waals surface area (Å²) >= 11 is 1.44. The molecule has 5 nitrogen and oxygen atoms in total. The number of aliphatic carboxylic acids is 1. The number of hydrogen-bond acceptors (Lipinski definition) is 5. The number of benzene rings is 1. The van der Waals surface area contributed by atoms with Crippen molar-refractivity contribution in [2.24, 2.45) is 5.92 Å². The van der Waals surface area contributed by atoms with Crippen LogP contribution in [0, 0.1) is 5.92 Å². The van der Waals surface area contributed by atoms with E-state index in [4.69, 9.17) is 4.74 Å². The first-order valence-electron chi connectivity index (χ1n) is 8.15. The number of ketones is 1. The predicted molar refractivity (Wildman–Crippen MR) is 96.5 cm³/mol. The molecule has 1 aliphatic heterocycles. The third-order valence-corrected chi connectivity index (χ3v) is 5.72. The largest absolute Gasteiger partial charge is 0.497 e. The normalized spacial score (nSPS) is 20.6. The van der Waals surface area contributed by atoms with E-state index in [-0.39, 0.29) is 11.7 Å². The maximum atomic E-state index is 11.7. The number of carboxylic acids is 1. The summed E-state index contributed by atoms with van der Waals surface area (Å²) in [6, 6.07) is 9.55. The Bertz CT molecular complexity index is 785. The van der Waals surface area contributed by atoms with Crippen molar-refractivity contribution in [3.8, 4) is 5.75 Å². The first-order chi connectivity index (χ1) is 12.0. The number of nitrogens with zero attached hydrogens (tertiary/aromatic N) is 1. The van der Waals surface area contributed by atoms with Crippen LogP contribution in [0.25, 0.3) is 0 Å². The van der Waals surface area contributed by atoms with Gasteiger partial charge in [0.1, 0.15) is 5.75 Å². The Morgan fingerprint density at radius 2 is 2.12 bits per heavy atom. The van der Waals surface area contributed by atoms with Crippen molar-refractivity contribution in [1.82, 2.24) is 4.90 Å². The lowest BCUT2D eigenvalue weighted by Crippen LogP contribution is -2.23. The Labute approximate surface area is 150 Å². The van der Waals surface area contributed by atoms with Gasteiger partial charge < -0.3 is 9.84 Å². The van der Waals surface area contributed by atoms with Crippen LogP contribution in [-0.4, -0.2) is 42.0 Å². The minimum atomic E-state index is -0.773. The quantitative estimate of drug-likeness (QED) is 0.802.